The Morgan fingerprint density at radius 3 is 2.36 bits per heavy atom. The first kappa shape index (κ1) is 22.4. The number of halogens is 3. The molecule has 0 spiro atoms. The molecular weight excluding hydrogens is 389 g/mol. The number of amides is 1. The first-order chi connectivity index (χ1) is 13.1. The average molecular weight is 412 g/mol. The first-order valence-corrected chi connectivity index (χ1v) is 8.76. The van der Waals surface area contributed by atoms with Gasteiger partial charge in [0.05, 0.1) is 18.7 Å². The van der Waals surface area contributed by atoms with Gasteiger partial charge in [-0.1, -0.05) is 6.42 Å². The van der Waals surface area contributed by atoms with Crippen LogP contribution in [0.15, 0.2) is 11.8 Å². The van der Waals surface area contributed by atoms with Crippen LogP contribution in [-0.4, -0.2) is 93.5 Å². The molecule has 1 fully saturated rings. The second-order valence-corrected chi connectivity index (χ2v) is 6.74. The van der Waals surface area contributed by atoms with Crippen molar-refractivity contribution in [3.8, 4) is 0 Å². The van der Waals surface area contributed by atoms with E-state index in [1.807, 2.05) is 0 Å². The Labute approximate surface area is 158 Å². The molecule has 2 aliphatic heterocycles. The number of piperidine rings is 1. The smallest absolute Gasteiger partial charge is 0.471 e. The van der Waals surface area contributed by atoms with Crippen molar-refractivity contribution in [1.29, 1.82) is 0 Å². The van der Waals surface area contributed by atoms with Crippen LogP contribution in [0.1, 0.15) is 19.3 Å². The topological polar surface area (TPSA) is 140 Å². The summed E-state index contributed by atoms with van der Waals surface area (Å²) in [6.07, 6.45) is -7.28. The Hall–Kier alpha value is -1.89. The number of aliphatic hydroxyl groups is 3. The van der Waals surface area contributed by atoms with Crippen molar-refractivity contribution >= 4 is 11.9 Å². The van der Waals surface area contributed by atoms with Gasteiger partial charge in [-0.3, -0.25) is 9.69 Å². The second-order valence-electron chi connectivity index (χ2n) is 6.74. The summed E-state index contributed by atoms with van der Waals surface area (Å²) < 4.78 is 43.5. The standard InChI is InChI=1S/C16H23F3N2O7/c17-16(18,19)15(27)20-11-8(21-4-2-1-3-5-21)6-10(14(25)26)28-13(11)12(24)9(23)7-22/h6,8-9,11-13,22-24H,1-5,7H2,(H,20,27)(H,25,26)/t8-,9+,11+,12+,13+/m0/s1. The lowest BCUT2D eigenvalue weighted by Gasteiger charge is -2.45. The van der Waals surface area contributed by atoms with Gasteiger partial charge in [-0.15, -0.1) is 0 Å². The minimum Gasteiger partial charge on any atom is -0.478 e. The summed E-state index contributed by atoms with van der Waals surface area (Å²) in [7, 11) is 0. The number of carboxylic acids is 1. The maximum Gasteiger partial charge on any atom is 0.471 e. The van der Waals surface area contributed by atoms with E-state index in [0.717, 1.165) is 25.3 Å². The number of nitrogens with zero attached hydrogens (tertiary/aromatic N) is 1. The Morgan fingerprint density at radius 2 is 1.86 bits per heavy atom. The molecule has 0 aromatic carbocycles. The van der Waals surface area contributed by atoms with E-state index in [2.05, 4.69) is 0 Å². The summed E-state index contributed by atoms with van der Waals surface area (Å²) in [5, 5.41) is 40.0. The van der Waals surface area contributed by atoms with Crippen molar-refractivity contribution in [1.82, 2.24) is 10.2 Å². The van der Waals surface area contributed by atoms with Crippen LogP contribution in [0, 0.1) is 0 Å². The lowest BCUT2D eigenvalue weighted by molar-refractivity contribution is -0.178. The number of ether oxygens (including phenoxy) is 1. The first-order valence-electron chi connectivity index (χ1n) is 8.76. The Bertz CT molecular complexity index is 608. The van der Waals surface area contributed by atoms with Crippen molar-refractivity contribution in [2.24, 2.45) is 0 Å². The highest BCUT2D eigenvalue weighted by Gasteiger charge is 2.49. The van der Waals surface area contributed by atoms with E-state index in [0.29, 0.717) is 13.1 Å². The van der Waals surface area contributed by atoms with Crippen LogP contribution in [0.5, 0.6) is 0 Å². The second kappa shape index (κ2) is 9.07. The molecule has 28 heavy (non-hydrogen) atoms. The molecule has 2 heterocycles. The summed E-state index contributed by atoms with van der Waals surface area (Å²) in [4.78, 5) is 24.6. The van der Waals surface area contributed by atoms with Crippen molar-refractivity contribution in [2.45, 2.75) is 55.8 Å². The molecule has 0 unspecified atom stereocenters. The number of carboxylic acid groups (broad SMARTS) is 1. The van der Waals surface area contributed by atoms with Crippen LogP contribution in [0.25, 0.3) is 0 Å². The molecule has 0 aliphatic carbocycles. The summed E-state index contributed by atoms with van der Waals surface area (Å²) in [5.41, 5.74) is 0. The normalized spacial score (nSPS) is 28.6. The molecule has 1 saturated heterocycles. The van der Waals surface area contributed by atoms with Gasteiger partial charge in [-0.25, -0.2) is 4.79 Å². The molecule has 0 radical (unpaired) electrons. The molecule has 0 aromatic heterocycles. The molecule has 0 aromatic rings. The van der Waals surface area contributed by atoms with Gasteiger partial charge in [-0.05, 0) is 32.0 Å². The number of likely N-dealkylation sites (tertiary alicyclic amines) is 1. The monoisotopic (exact) mass is 412 g/mol. The molecule has 12 heteroatoms. The zero-order valence-corrected chi connectivity index (χ0v) is 14.8. The number of nitrogens with one attached hydrogen (secondary N) is 1. The predicted molar refractivity (Wildman–Crippen MR) is 86.9 cm³/mol. The molecule has 2 aliphatic rings. The molecule has 0 bridgehead atoms. The maximum absolute atomic E-state index is 12.8. The number of alkyl halides is 3. The van der Waals surface area contributed by atoms with Gasteiger partial charge in [0.25, 0.3) is 0 Å². The number of carbonyl (C=O) groups is 2. The summed E-state index contributed by atoms with van der Waals surface area (Å²) in [6, 6.07) is -2.52. The molecule has 0 saturated carbocycles. The van der Waals surface area contributed by atoms with E-state index >= 15 is 0 Å². The van der Waals surface area contributed by atoms with E-state index in [-0.39, 0.29) is 0 Å². The highest BCUT2D eigenvalue weighted by atomic mass is 19.4. The zero-order chi connectivity index (χ0) is 21.1. The van der Waals surface area contributed by atoms with Crippen molar-refractivity contribution < 1.29 is 47.9 Å². The van der Waals surface area contributed by atoms with Gasteiger partial charge >= 0.3 is 18.1 Å². The SMILES string of the molecule is O=C(O)C1=C[C@H](N2CCCCC2)[C@@H](NC(=O)C(F)(F)F)[C@H]([C@H](O)[C@H](O)CO)O1. The predicted octanol–water partition coefficient (Wildman–Crippen LogP) is -1.03. The van der Waals surface area contributed by atoms with Gasteiger partial charge in [0.1, 0.15) is 18.3 Å². The van der Waals surface area contributed by atoms with Gasteiger partial charge < -0.3 is 30.5 Å². The minimum atomic E-state index is -5.21. The van der Waals surface area contributed by atoms with Crippen molar-refractivity contribution in [3.63, 3.8) is 0 Å². The van der Waals surface area contributed by atoms with Gasteiger partial charge in [0.15, 0.2) is 0 Å². The molecular formula is C16H23F3N2O7. The summed E-state index contributed by atoms with van der Waals surface area (Å²) in [6.45, 7) is -0.0584. The number of hydrogen-bond acceptors (Lipinski definition) is 7. The number of carbonyl (C=O) groups excluding carboxylic acids is 1. The molecule has 1 amide bonds. The fourth-order valence-corrected chi connectivity index (χ4v) is 3.39. The third kappa shape index (κ3) is 5.13. The van der Waals surface area contributed by atoms with Crippen molar-refractivity contribution in [2.75, 3.05) is 19.7 Å². The van der Waals surface area contributed by atoms with Crippen LogP contribution in [0.4, 0.5) is 13.2 Å². The fraction of sp³-hybridized carbons (Fsp3) is 0.750. The maximum atomic E-state index is 12.8. The minimum absolute atomic E-state index is 0.442. The quantitative estimate of drug-likeness (QED) is 0.373. The molecule has 160 valence electrons. The number of rotatable bonds is 6. The summed E-state index contributed by atoms with van der Waals surface area (Å²) in [5.74, 6) is -4.42. The third-order valence-corrected chi connectivity index (χ3v) is 4.80. The van der Waals surface area contributed by atoms with Crippen LogP contribution in [0.3, 0.4) is 0 Å². The van der Waals surface area contributed by atoms with Gasteiger partial charge in [0.2, 0.25) is 5.76 Å². The van der Waals surface area contributed by atoms with E-state index < -0.39 is 60.8 Å². The van der Waals surface area contributed by atoms with E-state index in [9.17, 15) is 38.1 Å². The largest absolute Gasteiger partial charge is 0.478 e. The Balaban J connectivity index is 2.43. The van der Waals surface area contributed by atoms with Crippen molar-refractivity contribution in [3.05, 3.63) is 11.8 Å². The highest BCUT2D eigenvalue weighted by Crippen LogP contribution is 2.29. The number of aliphatic hydroxyl groups excluding tert-OH is 3. The van der Waals surface area contributed by atoms with E-state index in [1.54, 1.807) is 10.2 Å². The van der Waals surface area contributed by atoms with Crippen LogP contribution in [-0.2, 0) is 14.3 Å². The fourth-order valence-electron chi connectivity index (χ4n) is 3.39. The summed E-state index contributed by atoms with van der Waals surface area (Å²) >= 11 is 0. The molecule has 5 N–H and O–H groups in total. The highest BCUT2D eigenvalue weighted by molar-refractivity contribution is 5.85. The van der Waals surface area contributed by atoms with Crippen LogP contribution in [0.2, 0.25) is 0 Å². The van der Waals surface area contributed by atoms with E-state index in [4.69, 9.17) is 9.84 Å². The van der Waals surface area contributed by atoms with Gasteiger partial charge in [0, 0.05) is 0 Å². The molecule has 9 nitrogen and oxygen atoms in total. The number of hydrogen-bond donors (Lipinski definition) is 5. The Morgan fingerprint density at radius 1 is 1.25 bits per heavy atom. The van der Waals surface area contributed by atoms with E-state index in [1.165, 1.54) is 0 Å². The third-order valence-electron chi connectivity index (χ3n) is 4.80. The van der Waals surface area contributed by atoms with Crippen LogP contribution < -0.4 is 5.32 Å². The zero-order valence-electron chi connectivity index (χ0n) is 14.8. The lowest BCUT2D eigenvalue weighted by Crippen LogP contribution is -2.65. The number of aliphatic carboxylic acids is 1. The average Bonchev–Trinajstić information content (AvgIpc) is 2.66. The van der Waals surface area contributed by atoms with Gasteiger partial charge in [-0.2, -0.15) is 13.2 Å². The molecule has 2 rings (SSSR count). The Kier molecular flexibility index (Phi) is 7.26. The van der Waals surface area contributed by atoms with Crippen LogP contribution >= 0.6 is 0 Å². The molecule has 5 atom stereocenters. The lowest BCUT2D eigenvalue weighted by atomic mass is 9.90.